The lowest BCUT2D eigenvalue weighted by molar-refractivity contribution is 1.08. The third kappa shape index (κ3) is 7.97. The van der Waals surface area contributed by atoms with E-state index in [2.05, 4.69) is 275 Å². The lowest BCUT2D eigenvalue weighted by Gasteiger charge is -2.30. The van der Waals surface area contributed by atoms with Crippen LogP contribution in [0.5, 0.6) is 0 Å². The van der Waals surface area contributed by atoms with Crippen molar-refractivity contribution in [2.75, 3.05) is 9.80 Å². The van der Waals surface area contributed by atoms with Crippen molar-refractivity contribution in [2.24, 2.45) is 4.99 Å². The molecule has 3 aromatic heterocycles. The maximum atomic E-state index is 5.18. The molecule has 0 fully saturated rings. The van der Waals surface area contributed by atoms with Crippen molar-refractivity contribution in [3.05, 3.63) is 313 Å². The second-order valence-electron chi connectivity index (χ2n) is 19.2. The summed E-state index contributed by atoms with van der Waals surface area (Å²) in [4.78, 5) is 19.4. The van der Waals surface area contributed by atoms with Crippen LogP contribution in [0.1, 0.15) is 17.0 Å². The Morgan fingerprint density at radius 1 is 0.382 bits per heavy atom. The Balaban J connectivity index is 0.841. The van der Waals surface area contributed by atoms with Crippen LogP contribution in [0.4, 0.5) is 34.1 Å². The number of hydrogen-bond donors (Lipinski definition) is 0. The molecule has 1 atom stereocenters. The minimum absolute atomic E-state index is 0.0805. The predicted octanol–water partition coefficient (Wildman–Crippen LogP) is 16.4. The molecule has 12 aromatic rings. The number of fused-ring (bicyclic) bond motifs is 5. The summed E-state index contributed by atoms with van der Waals surface area (Å²) in [5.41, 5.74) is 20.5. The Morgan fingerprint density at radius 3 is 1.58 bits per heavy atom. The topological polar surface area (TPSA) is 49.6 Å². The lowest BCUT2D eigenvalue weighted by Crippen LogP contribution is -2.27. The average molecular weight is 973 g/mol. The van der Waals surface area contributed by atoms with E-state index in [1.54, 1.807) is 0 Å². The molecule has 1 aliphatic carbocycles. The van der Waals surface area contributed by atoms with Gasteiger partial charge in [0.2, 0.25) is 0 Å². The summed E-state index contributed by atoms with van der Waals surface area (Å²) in [5.74, 6) is 0.0805. The van der Waals surface area contributed by atoms with Crippen LogP contribution in [0.15, 0.2) is 296 Å². The Kier molecular flexibility index (Phi) is 11.1. The number of rotatable bonds is 11. The molecule has 358 valence electrons. The number of para-hydroxylation sites is 2. The summed E-state index contributed by atoms with van der Waals surface area (Å²) < 4.78 is 2.25. The van der Waals surface area contributed by atoms with Crippen molar-refractivity contribution in [2.45, 2.75) is 5.92 Å². The highest BCUT2D eigenvalue weighted by atomic mass is 15.2. The van der Waals surface area contributed by atoms with E-state index in [1.807, 2.05) is 24.5 Å². The summed E-state index contributed by atoms with van der Waals surface area (Å²) in [5, 5.41) is 3.39. The fraction of sp³-hybridized carbons (Fsp3) is 0.0143. The van der Waals surface area contributed by atoms with Gasteiger partial charge in [0, 0.05) is 85.3 Å². The molecule has 0 amide bonds. The first-order chi connectivity index (χ1) is 37.7. The molecule has 0 N–H and O–H groups in total. The van der Waals surface area contributed by atoms with E-state index in [0.717, 1.165) is 101 Å². The summed E-state index contributed by atoms with van der Waals surface area (Å²) in [6, 6.07) is 93.1. The first-order valence-corrected chi connectivity index (χ1v) is 25.8. The molecule has 0 radical (unpaired) electrons. The Bertz CT molecular complexity index is 4300. The van der Waals surface area contributed by atoms with Gasteiger partial charge in [0.1, 0.15) is 5.65 Å². The molecule has 2 aliphatic rings. The predicted molar refractivity (Wildman–Crippen MR) is 312 cm³/mol. The number of allylic oxidation sites excluding steroid dienone is 4. The number of nitrogens with zero attached hydrogens (tertiary/aromatic N) is 6. The van der Waals surface area contributed by atoms with Crippen molar-refractivity contribution in [1.29, 1.82) is 0 Å². The molecule has 4 heterocycles. The number of anilines is 6. The molecule has 1 aliphatic heterocycles. The van der Waals surface area contributed by atoms with Crippen LogP contribution >= 0.6 is 0 Å². The Morgan fingerprint density at radius 2 is 0.908 bits per heavy atom. The first-order valence-electron chi connectivity index (χ1n) is 25.8. The van der Waals surface area contributed by atoms with E-state index in [0.29, 0.717) is 0 Å². The minimum Gasteiger partial charge on any atom is -0.310 e. The van der Waals surface area contributed by atoms with E-state index >= 15 is 0 Å². The number of pyridine rings is 2. The summed E-state index contributed by atoms with van der Waals surface area (Å²) >= 11 is 0. The molecule has 6 nitrogen and oxygen atoms in total. The average Bonchev–Trinajstić information content (AvgIpc) is 4.08. The minimum atomic E-state index is 0.0805. The van der Waals surface area contributed by atoms with Gasteiger partial charge in [0.05, 0.1) is 11.2 Å². The van der Waals surface area contributed by atoms with Gasteiger partial charge in [-0.15, -0.1) is 0 Å². The summed E-state index contributed by atoms with van der Waals surface area (Å²) in [6.45, 7) is 0. The quantitative estimate of drug-likeness (QED) is 0.130. The van der Waals surface area contributed by atoms with Crippen LogP contribution in [0.3, 0.4) is 0 Å². The van der Waals surface area contributed by atoms with Crippen LogP contribution in [-0.4, -0.2) is 14.5 Å². The Hall–Kier alpha value is -10.2. The van der Waals surface area contributed by atoms with E-state index in [4.69, 9.17) is 15.0 Å². The molecule has 0 saturated heterocycles. The highest BCUT2D eigenvalue weighted by molar-refractivity contribution is 6.09. The van der Waals surface area contributed by atoms with Gasteiger partial charge in [-0.2, -0.15) is 0 Å². The fourth-order valence-corrected chi connectivity index (χ4v) is 11.2. The lowest BCUT2D eigenvalue weighted by atomic mass is 9.82. The van der Waals surface area contributed by atoms with Crippen LogP contribution < -0.4 is 20.5 Å². The molecule has 14 rings (SSSR count). The van der Waals surface area contributed by atoms with E-state index < -0.39 is 0 Å². The summed E-state index contributed by atoms with van der Waals surface area (Å²) in [7, 11) is 0. The van der Waals surface area contributed by atoms with Crippen molar-refractivity contribution in [1.82, 2.24) is 14.5 Å². The standard InChI is InChI=1S/C70H48N6/c1-5-16-48(17-6-1)49-28-35-57(36-29-49)75(58-39-32-52(33-40-58)62-42-41-61(51-18-7-2-8-19-51)67-64-27-15-44-71-69(64)73-68(62)67)60-25-13-24-59(47-60)74(54-20-9-3-10-21-54)56-37-30-50(31-38-56)53-34-43-66-65(46-53)63-26-14-45-72-70(63)76(66)55-22-11-4-12-23-55/h1-47,61H. The second-order valence-corrected chi connectivity index (χ2v) is 19.2. The SMILES string of the molecule is C1=CC(c2ccccc2)C2=c3cccnc3=NC2=C1c1ccc(N(c2ccc(-c3ccccc3)cc2)c2cccc(N(c3ccccc3)c3ccc(-c4ccc5c(c4)c4cccnc4n5-c4ccccc4)cc3)c2)cc1. The zero-order valence-electron chi connectivity index (χ0n) is 41.4. The third-order valence-electron chi connectivity index (χ3n) is 14.8. The van der Waals surface area contributed by atoms with Gasteiger partial charge in [0.25, 0.3) is 0 Å². The van der Waals surface area contributed by atoms with Crippen molar-refractivity contribution in [3.8, 4) is 27.9 Å². The second kappa shape index (κ2) is 19.0. The van der Waals surface area contributed by atoms with Gasteiger partial charge in [-0.05, 0) is 149 Å². The van der Waals surface area contributed by atoms with Gasteiger partial charge in [-0.1, -0.05) is 158 Å². The number of benzene rings is 9. The zero-order chi connectivity index (χ0) is 50.4. The van der Waals surface area contributed by atoms with Gasteiger partial charge in [-0.3, -0.25) is 4.57 Å². The van der Waals surface area contributed by atoms with Crippen LogP contribution in [0.25, 0.3) is 61.0 Å². The highest BCUT2D eigenvalue weighted by Gasteiger charge is 2.29. The molecular weight excluding hydrogens is 925 g/mol. The van der Waals surface area contributed by atoms with Crippen molar-refractivity contribution >= 4 is 67.2 Å². The van der Waals surface area contributed by atoms with Crippen LogP contribution in [-0.2, 0) is 0 Å². The molecular formula is C70H48N6. The summed E-state index contributed by atoms with van der Waals surface area (Å²) in [6.07, 6.45) is 8.27. The number of hydrogen-bond acceptors (Lipinski definition) is 5. The highest BCUT2D eigenvalue weighted by Crippen LogP contribution is 2.45. The normalized spacial score (nSPS) is 13.6. The molecule has 76 heavy (non-hydrogen) atoms. The van der Waals surface area contributed by atoms with Gasteiger partial charge >= 0.3 is 0 Å². The fourth-order valence-electron chi connectivity index (χ4n) is 11.2. The van der Waals surface area contributed by atoms with Gasteiger partial charge < -0.3 is 9.80 Å². The Labute approximate surface area is 441 Å². The smallest absolute Gasteiger partial charge is 0.160 e. The maximum Gasteiger partial charge on any atom is 0.160 e. The maximum absolute atomic E-state index is 5.18. The van der Waals surface area contributed by atoms with Gasteiger partial charge in [-0.25, -0.2) is 15.0 Å². The molecule has 1 unspecified atom stereocenters. The van der Waals surface area contributed by atoms with Crippen LogP contribution in [0, 0.1) is 0 Å². The molecule has 0 bridgehead atoms. The molecule has 6 heteroatoms. The van der Waals surface area contributed by atoms with E-state index in [9.17, 15) is 0 Å². The van der Waals surface area contributed by atoms with Crippen LogP contribution in [0.2, 0.25) is 0 Å². The first kappa shape index (κ1) is 44.5. The number of aromatic nitrogens is 3. The molecule has 9 aromatic carbocycles. The zero-order valence-corrected chi connectivity index (χ0v) is 41.4. The third-order valence-corrected chi connectivity index (χ3v) is 14.8. The van der Waals surface area contributed by atoms with E-state index in [-0.39, 0.29) is 5.92 Å². The van der Waals surface area contributed by atoms with Crippen molar-refractivity contribution < 1.29 is 0 Å². The molecule has 0 spiro atoms. The van der Waals surface area contributed by atoms with E-state index in [1.165, 1.54) is 22.1 Å². The largest absolute Gasteiger partial charge is 0.310 e. The monoisotopic (exact) mass is 972 g/mol. The van der Waals surface area contributed by atoms with Gasteiger partial charge in [0.15, 0.2) is 5.49 Å². The molecule has 0 saturated carbocycles. The van der Waals surface area contributed by atoms with Crippen molar-refractivity contribution in [3.63, 3.8) is 0 Å².